The second kappa shape index (κ2) is 10.2. The van der Waals surface area contributed by atoms with E-state index in [4.69, 9.17) is 23.2 Å². The molecule has 0 unspecified atom stereocenters. The minimum atomic E-state index is -3.61. The molecule has 0 aliphatic heterocycles. The maximum atomic E-state index is 12.2. The Balaban J connectivity index is 1.82. The van der Waals surface area contributed by atoms with Crippen molar-refractivity contribution < 1.29 is 13.2 Å². The van der Waals surface area contributed by atoms with Gasteiger partial charge in [0.25, 0.3) is 0 Å². The molecular formula is C18H20Cl2N2O3S2. The first-order valence-corrected chi connectivity index (χ1v) is 11.8. The maximum Gasteiger partial charge on any atom is 0.240 e. The van der Waals surface area contributed by atoms with E-state index in [0.717, 1.165) is 21.9 Å². The Morgan fingerprint density at radius 2 is 1.78 bits per heavy atom. The number of rotatable bonds is 9. The van der Waals surface area contributed by atoms with Crippen molar-refractivity contribution in [2.45, 2.75) is 5.75 Å². The number of anilines is 1. The van der Waals surface area contributed by atoms with Crippen LogP contribution < -0.4 is 9.62 Å². The van der Waals surface area contributed by atoms with E-state index >= 15 is 0 Å². The number of amides is 1. The van der Waals surface area contributed by atoms with E-state index in [9.17, 15) is 13.2 Å². The van der Waals surface area contributed by atoms with Crippen molar-refractivity contribution in [1.29, 1.82) is 0 Å². The highest BCUT2D eigenvalue weighted by molar-refractivity contribution is 7.98. The highest BCUT2D eigenvalue weighted by Crippen LogP contribution is 2.21. The van der Waals surface area contributed by atoms with Crippen LogP contribution in [0.3, 0.4) is 0 Å². The molecule has 1 amide bonds. The van der Waals surface area contributed by atoms with Gasteiger partial charge in [-0.25, -0.2) is 8.42 Å². The average molecular weight is 447 g/mol. The summed E-state index contributed by atoms with van der Waals surface area (Å²) in [5, 5.41) is 3.84. The number of hydrogen-bond donors (Lipinski definition) is 1. The molecule has 0 aliphatic carbocycles. The Hall–Kier alpha value is -1.41. The average Bonchev–Trinajstić information content (AvgIpc) is 2.58. The number of sulfonamides is 1. The Bertz CT molecular complexity index is 892. The van der Waals surface area contributed by atoms with Crippen molar-refractivity contribution in [3.05, 3.63) is 64.1 Å². The van der Waals surface area contributed by atoms with Crippen LogP contribution in [0, 0.1) is 0 Å². The van der Waals surface area contributed by atoms with Crippen molar-refractivity contribution in [2.75, 3.05) is 29.4 Å². The van der Waals surface area contributed by atoms with Crippen LogP contribution in [0.2, 0.25) is 10.0 Å². The molecule has 0 fully saturated rings. The fraction of sp³-hybridized carbons (Fsp3) is 0.278. The summed E-state index contributed by atoms with van der Waals surface area (Å²) in [5.74, 6) is 1.12. The molecule has 0 aromatic heterocycles. The number of nitrogens with one attached hydrogen (secondary N) is 1. The molecule has 5 nitrogen and oxygen atoms in total. The monoisotopic (exact) mass is 446 g/mol. The molecule has 2 aromatic rings. The largest absolute Gasteiger partial charge is 0.354 e. The SMILES string of the molecule is CS(=O)(=O)N(CC(=O)NCCSCc1cccc(Cl)c1)c1cccc(Cl)c1. The van der Waals surface area contributed by atoms with E-state index in [2.05, 4.69) is 5.32 Å². The number of benzene rings is 2. The summed E-state index contributed by atoms with van der Waals surface area (Å²) in [6, 6.07) is 14.0. The highest BCUT2D eigenvalue weighted by Gasteiger charge is 2.20. The molecular weight excluding hydrogens is 427 g/mol. The molecule has 0 saturated heterocycles. The van der Waals surface area contributed by atoms with E-state index in [1.54, 1.807) is 30.0 Å². The lowest BCUT2D eigenvalue weighted by atomic mass is 10.2. The van der Waals surface area contributed by atoms with Crippen LogP contribution in [0.4, 0.5) is 5.69 Å². The molecule has 0 aliphatic rings. The third-order valence-corrected chi connectivity index (χ3v) is 6.15. The van der Waals surface area contributed by atoms with Crippen molar-refractivity contribution >= 4 is 56.6 Å². The van der Waals surface area contributed by atoms with Crippen LogP contribution in [0.5, 0.6) is 0 Å². The van der Waals surface area contributed by atoms with Crippen molar-refractivity contribution in [3.8, 4) is 0 Å². The summed E-state index contributed by atoms with van der Waals surface area (Å²) in [6.07, 6.45) is 1.06. The van der Waals surface area contributed by atoms with E-state index in [0.29, 0.717) is 28.0 Å². The lowest BCUT2D eigenvalue weighted by Crippen LogP contribution is -2.41. The van der Waals surface area contributed by atoms with Gasteiger partial charge in [-0.15, -0.1) is 0 Å². The lowest BCUT2D eigenvalue weighted by Gasteiger charge is -2.22. The second-order valence-electron chi connectivity index (χ2n) is 5.78. The van der Waals surface area contributed by atoms with Crippen LogP contribution in [-0.2, 0) is 20.6 Å². The molecule has 0 spiro atoms. The van der Waals surface area contributed by atoms with E-state index < -0.39 is 10.0 Å². The summed E-state index contributed by atoms with van der Waals surface area (Å²) in [5.41, 5.74) is 1.47. The standard InChI is InChI=1S/C18H20Cl2N2O3S2/c1-27(24,25)22(17-7-3-6-16(20)11-17)12-18(23)21-8-9-26-13-14-4-2-5-15(19)10-14/h2-7,10-11H,8-9,12-13H2,1H3,(H,21,23). The Morgan fingerprint density at radius 3 is 2.41 bits per heavy atom. The topological polar surface area (TPSA) is 66.5 Å². The first kappa shape index (κ1) is 21.9. The fourth-order valence-electron chi connectivity index (χ4n) is 2.30. The first-order chi connectivity index (χ1) is 12.8. The van der Waals surface area contributed by atoms with Gasteiger partial charge in [0, 0.05) is 28.1 Å². The van der Waals surface area contributed by atoms with Crippen LogP contribution in [0.1, 0.15) is 5.56 Å². The summed E-state index contributed by atoms with van der Waals surface area (Å²) in [7, 11) is -3.61. The molecule has 1 N–H and O–H groups in total. The molecule has 0 bridgehead atoms. The van der Waals surface area contributed by atoms with Gasteiger partial charge < -0.3 is 5.32 Å². The van der Waals surface area contributed by atoms with Gasteiger partial charge in [0.2, 0.25) is 15.9 Å². The van der Waals surface area contributed by atoms with Crippen molar-refractivity contribution in [1.82, 2.24) is 5.32 Å². The Morgan fingerprint density at radius 1 is 1.11 bits per heavy atom. The molecule has 2 rings (SSSR count). The number of carbonyl (C=O) groups excluding carboxylic acids is 1. The molecule has 9 heteroatoms. The smallest absolute Gasteiger partial charge is 0.240 e. The summed E-state index contributed by atoms with van der Waals surface area (Å²) >= 11 is 13.5. The Labute approximate surface area is 174 Å². The highest BCUT2D eigenvalue weighted by atomic mass is 35.5. The van der Waals surface area contributed by atoms with Crippen LogP contribution >= 0.6 is 35.0 Å². The second-order valence-corrected chi connectivity index (χ2v) is 9.67. The first-order valence-electron chi connectivity index (χ1n) is 8.08. The minimum absolute atomic E-state index is 0.294. The van der Waals surface area contributed by atoms with E-state index in [1.807, 2.05) is 24.3 Å². The number of nitrogens with zero attached hydrogens (tertiary/aromatic N) is 1. The normalized spacial score (nSPS) is 11.2. The van der Waals surface area contributed by atoms with Crippen LogP contribution in [0.25, 0.3) is 0 Å². The molecule has 0 saturated carbocycles. The minimum Gasteiger partial charge on any atom is -0.354 e. The number of thioether (sulfide) groups is 1. The Kier molecular flexibility index (Phi) is 8.28. The van der Waals surface area contributed by atoms with Crippen molar-refractivity contribution in [3.63, 3.8) is 0 Å². The predicted molar refractivity (Wildman–Crippen MR) is 114 cm³/mol. The van der Waals surface area contributed by atoms with Gasteiger partial charge in [-0.3, -0.25) is 9.10 Å². The molecule has 2 aromatic carbocycles. The number of halogens is 2. The molecule has 0 atom stereocenters. The van der Waals surface area contributed by atoms with Crippen LogP contribution in [-0.4, -0.2) is 39.4 Å². The van der Waals surface area contributed by atoms with Gasteiger partial charge >= 0.3 is 0 Å². The van der Waals surface area contributed by atoms with Gasteiger partial charge in [-0.05, 0) is 35.9 Å². The molecule has 146 valence electrons. The van der Waals surface area contributed by atoms with E-state index in [-0.39, 0.29) is 12.5 Å². The summed E-state index contributed by atoms with van der Waals surface area (Å²) < 4.78 is 25.1. The van der Waals surface area contributed by atoms with Gasteiger partial charge in [0.05, 0.1) is 11.9 Å². The quantitative estimate of drug-likeness (QED) is 0.594. The zero-order valence-electron chi connectivity index (χ0n) is 14.7. The number of carbonyl (C=O) groups is 1. The van der Waals surface area contributed by atoms with Crippen molar-refractivity contribution in [2.24, 2.45) is 0 Å². The van der Waals surface area contributed by atoms with Crippen LogP contribution in [0.15, 0.2) is 48.5 Å². The zero-order chi connectivity index (χ0) is 19.9. The fourth-order valence-corrected chi connectivity index (χ4v) is 4.35. The van der Waals surface area contributed by atoms with Gasteiger partial charge in [-0.1, -0.05) is 41.4 Å². The van der Waals surface area contributed by atoms with Gasteiger partial charge in [-0.2, -0.15) is 11.8 Å². The van der Waals surface area contributed by atoms with E-state index in [1.165, 1.54) is 6.07 Å². The molecule has 0 radical (unpaired) electrons. The molecule has 27 heavy (non-hydrogen) atoms. The third-order valence-electron chi connectivity index (χ3n) is 3.51. The zero-order valence-corrected chi connectivity index (χ0v) is 17.8. The van der Waals surface area contributed by atoms with Gasteiger partial charge in [0.1, 0.15) is 6.54 Å². The maximum absolute atomic E-state index is 12.2. The van der Waals surface area contributed by atoms with Gasteiger partial charge in [0.15, 0.2) is 0 Å². The third kappa shape index (κ3) is 7.62. The summed E-state index contributed by atoms with van der Waals surface area (Å²) in [4.78, 5) is 12.2. The molecule has 0 heterocycles. The summed E-state index contributed by atoms with van der Waals surface area (Å²) in [6.45, 7) is 0.148. The lowest BCUT2D eigenvalue weighted by molar-refractivity contribution is -0.119. The number of hydrogen-bond acceptors (Lipinski definition) is 4. The predicted octanol–water partition coefficient (Wildman–Crippen LogP) is 3.81.